The van der Waals surface area contributed by atoms with Crippen LogP contribution >= 0.6 is 24.8 Å². The summed E-state index contributed by atoms with van der Waals surface area (Å²) in [6.45, 7) is 1.32. The Hall–Kier alpha value is -1.75. The Morgan fingerprint density at radius 1 is 1.04 bits per heavy atom. The van der Waals surface area contributed by atoms with Crippen LogP contribution in [0.4, 0.5) is 5.69 Å². The van der Waals surface area contributed by atoms with E-state index in [1.54, 1.807) is 0 Å². The molecule has 0 aliphatic carbocycles. The lowest BCUT2D eigenvalue weighted by Crippen LogP contribution is -2.44. The molecule has 2 rings (SSSR count). The van der Waals surface area contributed by atoms with Crippen LogP contribution < -0.4 is 16.0 Å². The van der Waals surface area contributed by atoms with Crippen molar-refractivity contribution in [3.05, 3.63) is 66.2 Å². The number of hydrogen-bond acceptors (Lipinski definition) is 3. The van der Waals surface area contributed by atoms with E-state index in [1.165, 1.54) is 0 Å². The number of hydrogen-bond donors (Lipinski definition) is 2. The molecule has 0 radical (unpaired) electrons. The van der Waals surface area contributed by atoms with Gasteiger partial charge in [-0.05, 0) is 24.1 Å². The maximum absolute atomic E-state index is 12.0. The van der Waals surface area contributed by atoms with Crippen molar-refractivity contribution in [3.63, 3.8) is 0 Å². The Bertz CT molecular complexity index is 581. The Morgan fingerprint density at radius 2 is 1.58 bits per heavy atom. The molecule has 0 aliphatic heterocycles. The van der Waals surface area contributed by atoms with Crippen molar-refractivity contribution in [1.82, 2.24) is 5.32 Å². The van der Waals surface area contributed by atoms with Gasteiger partial charge >= 0.3 is 0 Å². The number of likely N-dealkylation sites (N-methyl/N-ethyl adjacent to an activating group) is 1. The van der Waals surface area contributed by atoms with E-state index >= 15 is 0 Å². The van der Waals surface area contributed by atoms with E-state index in [0.717, 1.165) is 17.8 Å². The van der Waals surface area contributed by atoms with E-state index < -0.39 is 6.04 Å². The molecule has 0 fully saturated rings. The molecule has 0 saturated carbocycles. The number of carbonyl (C=O) groups excluding carboxylic acids is 1. The van der Waals surface area contributed by atoms with Gasteiger partial charge in [-0.15, -0.1) is 24.8 Å². The first-order chi connectivity index (χ1) is 10.7. The van der Waals surface area contributed by atoms with Crippen LogP contribution in [0.2, 0.25) is 0 Å². The summed E-state index contributed by atoms with van der Waals surface area (Å²) in [6.07, 6.45) is 0.557. The smallest absolute Gasteiger partial charge is 0.237 e. The zero-order valence-electron chi connectivity index (χ0n) is 13.7. The quantitative estimate of drug-likeness (QED) is 0.788. The fourth-order valence-electron chi connectivity index (χ4n) is 2.25. The summed E-state index contributed by atoms with van der Waals surface area (Å²) in [7, 11) is 2.01. The molecule has 132 valence electrons. The van der Waals surface area contributed by atoms with Crippen molar-refractivity contribution in [2.24, 2.45) is 5.73 Å². The molecule has 1 amide bonds. The summed E-state index contributed by atoms with van der Waals surface area (Å²) in [5.74, 6) is -0.106. The monoisotopic (exact) mass is 369 g/mol. The molecule has 0 spiro atoms. The average Bonchev–Trinajstić information content (AvgIpc) is 2.56. The normalized spacial score (nSPS) is 10.8. The summed E-state index contributed by atoms with van der Waals surface area (Å²) >= 11 is 0. The number of carbonyl (C=O) groups is 1. The first-order valence-electron chi connectivity index (χ1n) is 7.50. The van der Waals surface area contributed by atoms with Crippen molar-refractivity contribution in [2.75, 3.05) is 25.0 Å². The predicted octanol–water partition coefficient (Wildman–Crippen LogP) is 2.65. The molecule has 0 heterocycles. The molecular formula is C18H25Cl2N3O. The highest BCUT2D eigenvalue weighted by molar-refractivity contribution is 5.85. The Labute approximate surface area is 156 Å². The van der Waals surface area contributed by atoms with E-state index in [2.05, 4.69) is 10.2 Å². The molecule has 2 aromatic rings. The maximum atomic E-state index is 12.0. The van der Waals surface area contributed by atoms with Crippen LogP contribution in [0.3, 0.4) is 0 Å². The summed E-state index contributed by atoms with van der Waals surface area (Å²) in [5, 5.41) is 2.90. The van der Waals surface area contributed by atoms with Crippen molar-refractivity contribution in [3.8, 4) is 0 Å². The second kappa shape index (κ2) is 11.7. The molecule has 0 saturated heterocycles. The molecule has 6 heteroatoms. The van der Waals surface area contributed by atoms with Gasteiger partial charge in [-0.3, -0.25) is 4.79 Å². The summed E-state index contributed by atoms with van der Waals surface area (Å²) in [5.41, 5.74) is 8.16. The third-order valence-corrected chi connectivity index (χ3v) is 3.58. The lowest BCUT2D eigenvalue weighted by molar-refractivity contribution is -0.122. The van der Waals surface area contributed by atoms with Crippen LogP contribution in [0.1, 0.15) is 5.56 Å². The fourth-order valence-corrected chi connectivity index (χ4v) is 2.25. The van der Waals surface area contributed by atoms with Gasteiger partial charge in [0.2, 0.25) is 5.91 Å². The van der Waals surface area contributed by atoms with E-state index in [-0.39, 0.29) is 30.7 Å². The van der Waals surface area contributed by atoms with Gasteiger partial charge in [0.15, 0.2) is 0 Å². The molecule has 0 bridgehead atoms. The topological polar surface area (TPSA) is 58.4 Å². The highest BCUT2D eigenvalue weighted by Crippen LogP contribution is 2.09. The van der Waals surface area contributed by atoms with Crippen molar-refractivity contribution >= 4 is 36.4 Å². The van der Waals surface area contributed by atoms with Crippen LogP contribution in [0, 0.1) is 0 Å². The summed E-state index contributed by atoms with van der Waals surface area (Å²) in [4.78, 5) is 14.1. The Morgan fingerprint density at radius 3 is 2.17 bits per heavy atom. The standard InChI is InChI=1S/C18H23N3O.2ClH/c1-21(16-10-6-3-7-11-16)13-12-20-18(22)17(19)14-15-8-4-2-5-9-15;;/h2-11,17H,12-14,19H2,1H3,(H,20,22);2*1H. The summed E-state index contributed by atoms with van der Waals surface area (Å²) < 4.78 is 0. The number of benzene rings is 2. The number of amides is 1. The largest absolute Gasteiger partial charge is 0.373 e. The minimum atomic E-state index is -0.510. The number of halogens is 2. The van der Waals surface area contributed by atoms with E-state index in [0.29, 0.717) is 13.0 Å². The predicted molar refractivity (Wildman–Crippen MR) is 105 cm³/mol. The molecule has 0 aromatic heterocycles. The number of nitrogens with one attached hydrogen (secondary N) is 1. The third-order valence-electron chi connectivity index (χ3n) is 3.58. The second-order valence-electron chi connectivity index (χ2n) is 5.34. The lowest BCUT2D eigenvalue weighted by atomic mass is 10.1. The number of anilines is 1. The Balaban J connectivity index is 0.00000264. The summed E-state index contributed by atoms with van der Waals surface area (Å²) in [6, 6.07) is 19.4. The SMILES string of the molecule is CN(CCNC(=O)C(N)Cc1ccccc1)c1ccccc1.Cl.Cl. The van der Waals surface area contributed by atoms with Gasteiger partial charge in [-0.25, -0.2) is 0 Å². The molecule has 24 heavy (non-hydrogen) atoms. The van der Waals surface area contributed by atoms with Gasteiger partial charge in [0.25, 0.3) is 0 Å². The molecule has 0 aliphatic rings. The van der Waals surface area contributed by atoms with Gasteiger partial charge in [0.05, 0.1) is 6.04 Å². The molecule has 2 aromatic carbocycles. The van der Waals surface area contributed by atoms with Gasteiger partial charge < -0.3 is 16.0 Å². The number of nitrogens with two attached hydrogens (primary N) is 1. The fraction of sp³-hybridized carbons (Fsp3) is 0.278. The van der Waals surface area contributed by atoms with Gasteiger partial charge in [0.1, 0.15) is 0 Å². The molecule has 1 atom stereocenters. The van der Waals surface area contributed by atoms with Gasteiger partial charge in [-0.2, -0.15) is 0 Å². The van der Waals surface area contributed by atoms with Crippen LogP contribution in [-0.2, 0) is 11.2 Å². The molecular weight excluding hydrogens is 345 g/mol. The minimum Gasteiger partial charge on any atom is -0.373 e. The highest BCUT2D eigenvalue weighted by atomic mass is 35.5. The van der Waals surface area contributed by atoms with Crippen molar-refractivity contribution < 1.29 is 4.79 Å². The van der Waals surface area contributed by atoms with E-state index in [9.17, 15) is 4.79 Å². The molecule has 1 unspecified atom stereocenters. The van der Waals surface area contributed by atoms with Crippen molar-refractivity contribution in [1.29, 1.82) is 0 Å². The highest BCUT2D eigenvalue weighted by Gasteiger charge is 2.13. The number of nitrogens with zero attached hydrogens (tertiary/aromatic N) is 1. The van der Waals surface area contributed by atoms with Crippen LogP contribution in [0.15, 0.2) is 60.7 Å². The van der Waals surface area contributed by atoms with Crippen LogP contribution in [0.25, 0.3) is 0 Å². The first-order valence-corrected chi connectivity index (χ1v) is 7.50. The zero-order chi connectivity index (χ0) is 15.8. The number of rotatable bonds is 7. The lowest BCUT2D eigenvalue weighted by Gasteiger charge is -2.20. The first kappa shape index (κ1) is 22.2. The minimum absolute atomic E-state index is 0. The van der Waals surface area contributed by atoms with E-state index in [1.807, 2.05) is 67.7 Å². The molecule has 3 N–H and O–H groups in total. The van der Waals surface area contributed by atoms with Crippen molar-refractivity contribution in [2.45, 2.75) is 12.5 Å². The number of para-hydroxylation sites is 1. The Kier molecular flexibility index (Phi) is 10.9. The van der Waals surface area contributed by atoms with Crippen LogP contribution in [-0.4, -0.2) is 32.1 Å². The van der Waals surface area contributed by atoms with E-state index in [4.69, 9.17) is 5.73 Å². The zero-order valence-corrected chi connectivity index (χ0v) is 15.4. The third kappa shape index (κ3) is 7.21. The van der Waals surface area contributed by atoms with Crippen LogP contribution in [0.5, 0.6) is 0 Å². The maximum Gasteiger partial charge on any atom is 0.237 e. The average molecular weight is 370 g/mol. The van der Waals surface area contributed by atoms with Gasteiger partial charge in [0, 0.05) is 25.8 Å². The van der Waals surface area contributed by atoms with Gasteiger partial charge in [-0.1, -0.05) is 48.5 Å². The second-order valence-corrected chi connectivity index (χ2v) is 5.34. The molecule has 4 nitrogen and oxygen atoms in total.